The summed E-state index contributed by atoms with van der Waals surface area (Å²) in [6.45, 7) is 4.88. The zero-order valence-corrected chi connectivity index (χ0v) is 5.59. The molecule has 1 fully saturated rings. The summed E-state index contributed by atoms with van der Waals surface area (Å²) in [5.74, 6) is -0.354. The number of carbonyl (C=O) groups excluding carboxylic acids is 2. The van der Waals surface area contributed by atoms with E-state index in [1.165, 1.54) is 6.92 Å². The monoisotopic (exact) mass is 141 g/mol. The number of imide groups is 1. The molecule has 1 rings (SSSR count). The molecule has 0 atom stereocenters. The molecule has 0 aromatic heterocycles. The molecule has 10 heavy (non-hydrogen) atoms. The van der Waals surface area contributed by atoms with Gasteiger partial charge in [0.1, 0.15) is 6.61 Å². The van der Waals surface area contributed by atoms with Gasteiger partial charge in [0.05, 0.1) is 5.70 Å². The number of rotatable bonds is 0. The molecular weight excluding hydrogens is 134 g/mol. The standard InChI is InChI=1S/C6H7NO3/c1-4-3-10-6(9)7(4)5(2)8/h1,3H2,2H3. The second kappa shape index (κ2) is 2.13. The first kappa shape index (κ1) is 6.80. The van der Waals surface area contributed by atoms with Crippen LogP contribution in [0.1, 0.15) is 6.92 Å². The van der Waals surface area contributed by atoms with Crippen LogP contribution in [0.15, 0.2) is 12.3 Å². The third-order valence-corrected chi connectivity index (χ3v) is 1.18. The summed E-state index contributed by atoms with van der Waals surface area (Å²) in [5, 5.41) is 0. The number of hydrogen-bond donors (Lipinski definition) is 0. The predicted molar refractivity (Wildman–Crippen MR) is 33.0 cm³/mol. The number of amides is 2. The Labute approximate surface area is 58.1 Å². The summed E-state index contributed by atoms with van der Waals surface area (Å²) >= 11 is 0. The smallest absolute Gasteiger partial charge is 0.421 e. The number of ether oxygens (including phenoxy) is 1. The molecule has 1 heterocycles. The first-order valence-electron chi connectivity index (χ1n) is 2.78. The average molecular weight is 141 g/mol. The summed E-state index contributed by atoms with van der Waals surface area (Å²) in [5.41, 5.74) is 0.400. The molecule has 1 aliphatic rings. The molecular formula is C6H7NO3. The highest BCUT2D eigenvalue weighted by atomic mass is 16.6. The van der Waals surface area contributed by atoms with Crippen LogP contribution in [0.5, 0.6) is 0 Å². The van der Waals surface area contributed by atoms with E-state index >= 15 is 0 Å². The quantitative estimate of drug-likeness (QED) is 0.493. The van der Waals surface area contributed by atoms with Crippen LogP contribution < -0.4 is 0 Å². The SMILES string of the molecule is C=C1COC(=O)N1C(C)=O. The van der Waals surface area contributed by atoms with Gasteiger partial charge in [0.25, 0.3) is 0 Å². The van der Waals surface area contributed by atoms with Crippen molar-refractivity contribution in [1.82, 2.24) is 4.90 Å². The van der Waals surface area contributed by atoms with Gasteiger partial charge < -0.3 is 4.74 Å². The molecule has 4 heteroatoms. The first-order chi connectivity index (χ1) is 4.63. The molecule has 1 aliphatic heterocycles. The lowest BCUT2D eigenvalue weighted by Crippen LogP contribution is -2.27. The van der Waals surface area contributed by atoms with Crippen molar-refractivity contribution in [1.29, 1.82) is 0 Å². The van der Waals surface area contributed by atoms with Gasteiger partial charge in [-0.15, -0.1) is 0 Å². The van der Waals surface area contributed by atoms with Crippen LogP contribution in [0, 0.1) is 0 Å². The molecule has 54 valence electrons. The fourth-order valence-corrected chi connectivity index (χ4v) is 0.754. The maximum Gasteiger partial charge on any atom is 0.421 e. The minimum atomic E-state index is -0.627. The van der Waals surface area contributed by atoms with E-state index in [1.807, 2.05) is 0 Å². The Balaban J connectivity index is 2.82. The van der Waals surface area contributed by atoms with Crippen LogP contribution in [-0.2, 0) is 9.53 Å². The highest BCUT2D eigenvalue weighted by Crippen LogP contribution is 2.13. The fraction of sp³-hybridized carbons (Fsp3) is 0.333. The summed E-state index contributed by atoms with van der Waals surface area (Å²) < 4.78 is 4.51. The lowest BCUT2D eigenvalue weighted by molar-refractivity contribution is -0.124. The van der Waals surface area contributed by atoms with Crippen molar-refractivity contribution < 1.29 is 14.3 Å². The molecule has 0 bridgehead atoms. The zero-order chi connectivity index (χ0) is 7.72. The van der Waals surface area contributed by atoms with E-state index in [4.69, 9.17) is 0 Å². The van der Waals surface area contributed by atoms with Gasteiger partial charge in [0.2, 0.25) is 5.91 Å². The highest BCUT2D eigenvalue weighted by Gasteiger charge is 2.29. The Morgan fingerprint density at radius 1 is 1.80 bits per heavy atom. The Bertz CT molecular complexity index is 193. The Morgan fingerprint density at radius 3 is 2.60 bits per heavy atom. The molecule has 2 amide bonds. The van der Waals surface area contributed by atoms with Crippen molar-refractivity contribution in [3.8, 4) is 0 Å². The summed E-state index contributed by atoms with van der Waals surface area (Å²) in [6.07, 6.45) is -0.627. The van der Waals surface area contributed by atoms with Crippen molar-refractivity contribution in [2.45, 2.75) is 6.92 Å². The minimum Gasteiger partial charge on any atom is -0.442 e. The largest absolute Gasteiger partial charge is 0.442 e. The lowest BCUT2D eigenvalue weighted by Gasteiger charge is -2.06. The van der Waals surface area contributed by atoms with E-state index in [9.17, 15) is 9.59 Å². The van der Waals surface area contributed by atoms with Crippen LogP contribution in [0.25, 0.3) is 0 Å². The Hall–Kier alpha value is -1.32. The van der Waals surface area contributed by atoms with Crippen molar-refractivity contribution in [3.05, 3.63) is 12.3 Å². The number of cyclic esters (lactones) is 1. The number of hydrogen-bond acceptors (Lipinski definition) is 3. The molecule has 0 unspecified atom stereocenters. The van der Waals surface area contributed by atoms with Crippen LogP contribution in [0.4, 0.5) is 4.79 Å². The van der Waals surface area contributed by atoms with Crippen molar-refractivity contribution in [3.63, 3.8) is 0 Å². The van der Waals surface area contributed by atoms with Crippen LogP contribution in [-0.4, -0.2) is 23.5 Å². The predicted octanol–water partition coefficient (Wildman–Crippen LogP) is 0.499. The van der Waals surface area contributed by atoms with Gasteiger partial charge in [-0.2, -0.15) is 0 Å². The Morgan fingerprint density at radius 2 is 2.40 bits per heavy atom. The molecule has 0 aromatic carbocycles. The summed E-state index contributed by atoms with van der Waals surface area (Å²) in [4.78, 5) is 22.2. The molecule has 1 saturated heterocycles. The molecule has 4 nitrogen and oxygen atoms in total. The number of carbonyl (C=O) groups is 2. The van der Waals surface area contributed by atoms with Gasteiger partial charge in [-0.25, -0.2) is 9.69 Å². The molecule has 0 aromatic rings. The van der Waals surface area contributed by atoms with Crippen molar-refractivity contribution in [2.75, 3.05) is 6.61 Å². The molecule has 0 spiro atoms. The van der Waals surface area contributed by atoms with E-state index < -0.39 is 6.09 Å². The number of nitrogens with zero attached hydrogens (tertiary/aromatic N) is 1. The maximum absolute atomic E-state index is 10.6. The second-order valence-corrected chi connectivity index (χ2v) is 1.98. The minimum absolute atomic E-state index is 0.123. The van der Waals surface area contributed by atoms with E-state index in [0.29, 0.717) is 5.70 Å². The van der Waals surface area contributed by atoms with Gasteiger partial charge >= 0.3 is 6.09 Å². The fourth-order valence-electron chi connectivity index (χ4n) is 0.754. The van der Waals surface area contributed by atoms with E-state index in [-0.39, 0.29) is 12.5 Å². The molecule has 0 N–H and O–H groups in total. The molecule has 0 saturated carbocycles. The maximum atomic E-state index is 10.6. The highest BCUT2D eigenvalue weighted by molar-refractivity contribution is 5.94. The first-order valence-corrected chi connectivity index (χ1v) is 2.78. The van der Waals surface area contributed by atoms with Gasteiger partial charge in [-0.1, -0.05) is 6.58 Å². The van der Waals surface area contributed by atoms with Gasteiger partial charge in [-0.05, 0) is 0 Å². The van der Waals surface area contributed by atoms with Gasteiger partial charge in [-0.3, -0.25) is 4.79 Å². The van der Waals surface area contributed by atoms with E-state index in [2.05, 4.69) is 11.3 Å². The molecule has 0 aliphatic carbocycles. The second-order valence-electron chi connectivity index (χ2n) is 1.98. The van der Waals surface area contributed by atoms with Crippen molar-refractivity contribution >= 4 is 12.0 Å². The Kier molecular flexibility index (Phi) is 1.45. The summed E-state index contributed by atoms with van der Waals surface area (Å²) in [7, 11) is 0. The topological polar surface area (TPSA) is 46.6 Å². The van der Waals surface area contributed by atoms with Gasteiger partial charge in [0, 0.05) is 6.92 Å². The van der Waals surface area contributed by atoms with Gasteiger partial charge in [0.15, 0.2) is 0 Å². The average Bonchev–Trinajstić information content (AvgIpc) is 2.11. The molecule has 0 radical (unpaired) electrons. The van der Waals surface area contributed by atoms with Crippen LogP contribution >= 0.6 is 0 Å². The normalized spacial score (nSPS) is 17.5. The zero-order valence-electron chi connectivity index (χ0n) is 5.59. The van der Waals surface area contributed by atoms with E-state index in [1.54, 1.807) is 0 Å². The van der Waals surface area contributed by atoms with Crippen molar-refractivity contribution in [2.24, 2.45) is 0 Å². The third kappa shape index (κ3) is 0.877. The summed E-state index contributed by atoms with van der Waals surface area (Å²) in [6, 6.07) is 0. The van der Waals surface area contributed by atoms with E-state index in [0.717, 1.165) is 4.90 Å². The van der Waals surface area contributed by atoms with Crippen LogP contribution in [0.3, 0.4) is 0 Å². The van der Waals surface area contributed by atoms with Crippen LogP contribution in [0.2, 0.25) is 0 Å². The third-order valence-electron chi connectivity index (χ3n) is 1.18. The lowest BCUT2D eigenvalue weighted by atomic mass is 10.4.